The number of fused-ring (bicyclic) bond motifs is 2. The number of alkyl halides is 2. The lowest BCUT2D eigenvalue weighted by Gasteiger charge is -2.59. The zero-order chi connectivity index (χ0) is 25.4. The SMILES string of the molecule is CC(Oc1ccc2[nH]nc(-c3ccc(N4CC5(C4)CC(F)(F)C5)nc3)c2c1)c1c(F)cnc2[nH]ccc12. The van der Waals surface area contributed by atoms with Gasteiger partial charge in [-0.1, -0.05) is 0 Å². The lowest BCUT2D eigenvalue weighted by Crippen LogP contribution is -2.66. The molecule has 37 heavy (non-hydrogen) atoms. The highest BCUT2D eigenvalue weighted by atomic mass is 19.3. The molecule has 1 spiro atoms. The number of anilines is 1. The van der Waals surface area contributed by atoms with Crippen molar-refractivity contribution in [2.45, 2.75) is 31.8 Å². The van der Waals surface area contributed by atoms with Gasteiger partial charge in [0.15, 0.2) is 0 Å². The quantitative estimate of drug-likeness (QED) is 0.306. The van der Waals surface area contributed by atoms with Gasteiger partial charge in [0.1, 0.15) is 34.8 Å². The van der Waals surface area contributed by atoms with Crippen molar-refractivity contribution in [2.24, 2.45) is 5.41 Å². The van der Waals surface area contributed by atoms with Gasteiger partial charge in [-0.3, -0.25) is 5.10 Å². The number of aromatic amines is 2. The smallest absolute Gasteiger partial charge is 0.249 e. The molecule has 0 radical (unpaired) electrons. The van der Waals surface area contributed by atoms with Crippen LogP contribution < -0.4 is 9.64 Å². The average molecular weight is 505 g/mol. The highest BCUT2D eigenvalue weighted by molar-refractivity contribution is 5.93. The van der Waals surface area contributed by atoms with E-state index in [0.29, 0.717) is 41.1 Å². The third-order valence-corrected chi connectivity index (χ3v) is 7.50. The molecule has 1 atom stereocenters. The van der Waals surface area contributed by atoms with Gasteiger partial charge in [-0.25, -0.2) is 23.1 Å². The number of rotatable bonds is 5. The maximum Gasteiger partial charge on any atom is 0.249 e. The van der Waals surface area contributed by atoms with E-state index in [1.54, 1.807) is 25.4 Å². The molecular weight excluding hydrogens is 481 g/mol. The van der Waals surface area contributed by atoms with Crippen molar-refractivity contribution in [3.8, 4) is 17.0 Å². The van der Waals surface area contributed by atoms with Crippen LogP contribution in [-0.4, -0.2) is 44.2 Å². The molecule has 5 heterocycles. The molecule has 188 valence electrons. The molecule has 1 saturated carbocycles. The molecule has 10 heteroatoms. The molecule has 7 nitrogen and oxygen atoms in total. The van der Waals surface area contributed by atoms with Crippen molar-refractivity contribution >= 4 is 27.8 Å². The molecule has 2 N–H and O–H groups in total. The maximum atomic E-state index is 14.6. The zero-order valence-corrected chi connectivity index (χ0v) is 19.9. The number of nitrogens with one attached hydrogen (secondary N) is 2. The second-order valence-electron chi connectivity index (χ2n) is 10.3. The first-order valence-electron chi connectivity index (χ1n) is 12.1. The van der Waals surface area contributed by atoms with Gasteiger partial charge in [0.25, 0.3) is 0 Å². The van der Waals surface area contributed by atoms with Gasteiger partial charge in [0.05, 0.1) is 11.7 Å². The molecule has 7 rings (SSSR count). The van der Waals surface area contributed by atoms with Crippen LogP contribution >= 0.6 is 0 Å². The lowest BCUT2D eigenvalue weighted by atomic mass is 9.61. The summed E-state index contributed by atoms with van der Waals surface area (Å²) in [5.74, 6) is -1.58. The first-order chi connectivity index (χ1) is 17.8. The topological polar surface area (TPSA) is 82.7 Å². The molecule has 0 bridgehead atoms. The molecule has 4 aromatic heterocycles. The number of pyridine rings is 2. The van der Waals surface area contributed by atoms with Crippen LogP contribution in [0.2, 0.25) is 0 Å². The van der Waals surface area contributed by atoms with Crippen LogP contribution in [0, 0.1) is 11.2 Å². The summed E-state index contributed by atoms with van der Waals surface area (Å²) in [6, 6.07) is 11.2. The first kappa shape index (κ1) is 22.1. The summed E-state index contributed by atoms with van der Waals surface area (Å²) in [6.45, 7) is 3.04. The summed E-state index contributed by atoms with van der Waals surface area (Å²) in [4.78, 5) is 13.7. The minimum absolute atomic E-state index is 0.0271. The number of halogens is 3. The van der Waals surface area contributed by atoms with E-state index in [1.165, 1.54) is 6.20 Å². The molecule has 1 aliphatic carbocycles. The fourth-order valence-electron chi connectivity index (χ4n) is 5.87. The van der Waals surface area contributed by atoms with Crippen LogP contribution in [0.15, 0.2) is 55.0 Å². The number of H-pyrrole nitrogens is 2. The van der Waals surface area contributed by atoms with Gasteiger partial charge in [-0.15, -0.1) is 0 Å². The summed E-state index contributed by atoms with van der Waals surface area (Å²) < 4.78 is 47.4. The number of hydrogen-bond acceptors (Lipinski definition) is 5. The van der Waals surface area contributed by atoms with Crippen molar-refractivity contribution in [1.82, 2.24) is 25.1 Å². The molecule has 1 saturated heterocycles. The minimum Gasteiger partial charge on any atom is -0.486 e. The standard InChI is InChI=1S/C27H23F3N6O/c1-15(23-18-6-7-31-25(18)33-10-20(23)28)37-17-3-4-21-19(8-17)24(35-34-21)16-2-5-22(32-9-16)36-13-26(14-36)11-27(29,30)12-26/h2-10,15H,11-14H2,1H3,(H,31,33)(H,34,35). The predicted octanol–water partition coefficient (Wildman–Crippen LogP) is 6.02. The van der Waals surface area contributed by atoms with E-state index in [2.05, 4.69) is 25.1 Å². The largest absolute Gasteiger partial charge is 0.486 e. The molecule has 5 aromatic rings. The van der Waals surface area contributed by atoms with E-state index in [0.717, 1.165) is 22.3 Å². The number of aromatic nitrogens is 5. The van der Waals surface area contributed by atoms with Crippen LogP contribution in [0.4, 0.5) is 19.0 Å². The number of ether oxygens (including phenoxy) is 1. The maximum absolute atomic E-state index is 14.6. The van der Waals surface area contributed by atoms with Crippen molar-refractivity contribution < 1.29 is 17.9 Å². The third kappa shape index (κ3) is 3.61. The van der Waals surface area contributed by atoms with Crippen LogP contribution in [-0.2, 0) is 0 Å². The minimum atomic E-state index is -2.51. The fourth-order valence-corrected chi connectivity index (χ4v) is 5.87. The van der Waals surface area contributed by atoms with E-state index in [4.69, 9.17) is 4.74 Å². The van der Waals surface area contributed by atoms with Crippen molar-refractivity contribution in [3.05, 3.63) is 66.4 Å². The zero-order valence-electron chi connectivity index (χ0n) is 19.9. The van der Waals surface area contributed by atoms with E-state index >= 15 is 0 Å². The Bertz CT molecular complexity index is 1630. The molecule has 1 aromatic carbocycles. The normalized spacial score (nSPS) is 18.6. The molecule has 1 aliphatic heterocycles. The van der Waals surface area contributed by atoms with Gasteiger partial charge < -0.3 is 14.6 Å². The Labute approximate surface area is 209 Å². The van der Waals surface area contributed by atoms with E-state index in [1.807, 2.05) is 35.2 Å². The third-order valence-electron chi connectivity index (χ3n) is 7.50. The summed E-state index contributed by atoms with van der Waals surface area (Å²) in [5, 5.41) is 9.04. The summed E-state index contributed by atoms with van der Waals surface area (Å²) in [6.07, 6.45) is 4.06. The predicted molar refractivity (Wildman–Crippen MR) is 133 cm³/mol. The Morgan fingerprint density at radius 2 is 1.86 bits per heavy atom. The summed E-state index contributed by atoms with van der Waals surface area (Å²) >= 11 is 0. The molecule has 2 aliphatic rings. The Hall–Kier alpha value is -4.08. The molecule has 2 fully saturated rings. The molecular formula is C27H23F3N6O. The van der Waals surface area contributed by atoms with Crippen LogP contribution in [0.1, 0.15) is 31.4 Å². The van der Waals surface area contributed by atoms with Gasteiger partial charge in [0.2, 0.25) is 5.92 Å². The summed E-state index contributed by atoms with van der Waals surface area (Å²) in [5.41, 5.74) is 3.17. The Kier molecular flexibility index (Phi) is 4.61. The van der Waals surface area contributed by atoms with Crippen LogP contribution in [0.3, 0.4) is 0 Å². The first-order valence-corrected chi connectivity index (χ1v) is 12.1. The highest BCUT2D eigenvalue weighted by Gasteiger charge is 2.61. The monoisotopic (exact) mass is 504 g/mol. The number of nitrogens with zero attached hydrogens (tertiary/aromatic N) is 4. The average Bonchev–Trinajstić information content (AvgIpc) is 3.47. The van der Waals surface area contributed by atoms with Crippen LogP contribution in [0.25, 0.3) is 33.2 Å². The Morgan fingerprint density at radius 3 is 2.62 bits per heavy atom. The van der Waals surface area contributed by atoms with Gasteiger partial charge in [0, 0.05) is 65.6 Å². The lowest BCUT2D eigenvalue weighted by molar-refractivity contribution is -0.170. The Balaban J connectivity index is 1.12. The van der Waals surface area contributed by atoms with Crippen molar-refractivity contribution in [1.29, 1.82) is 0 Å². The summed E-state index contributed by atoms with van der Waals surface area (Å²) in [7, 11) is 0. The van der Waals surface area contributed by atoms with Gasteiger partial charge >= 0.3 is 0 Å². The second-order valence-corrected chi connectivity index (χ2v) is 10.3. The van der Waals surface area contributed by atoms with Crippen LogP contribution in [0.5, 0.6) is 5.75 Å². The van der Waals surface area contributed by atoms with E-state index < -0.39 is 17.8 Å². The van der Waals surface area contributed by atoms with Gasteiger partial charge in [-0.2, -0.15) is 5.10 Å². The second kappa shape index (κ2) is 7.71. The fraction of sp³-hybridized carbons (Fsp3) is 0.296. The number of hydrogen-bond donors (Lipinski definition) is 2. The van der Waals surface area contributed by atoms with E-state index in [9.17, 15) is 13.2 Å². The van der Waals surface area contributed by atoms with Crippen molar-refractivity contribution in [2.75, 3.05) is 18.0 Å². The number of benzene rings is 1. The highest BCUT2D eigenvalue weighted by Crippen LogP contribution is 2.57. The van der Waals surface area contributed by atoms with Crippen molar-refractivity contribution in [3.63, 3.8) is 0 Å². The van der Waals surface area contributed by atoms with Gasteiger partial charge in [-0.05, 0) is 43.3 Å². The van der Waals surface area contributed by atoms with E-state index in [-0.39, 0.29) is 18.3 Å². The Morgan fingerprint density at radius 1 is 1.03 bits per heavy atom. The molecule has 1 unspecified atom stereocenters. The molecule has 0 amide bonds.